The van der Waals surface area contributed by atoms with Crippen molar-refractivity contribution in [3.63, 3.8) is 0 Å². The lowest BCUT2D eigenvalue weighted by Crippen LogP contribution is -2.04. The normalized spacial score (nSPS) is 10.2. The number of pyridine rings is 1. The molecule has 16 heavy (non-hydrogen) atoms. The van der Waals surface area contributed by atoms with Gasteiger partial charge in [-0.05, 0) is 11.6 Å². The minimum absolute atomic E-state index is 0.117. The van der Waals surface area contributed by atoms with E-state index in [1.165, 1.54) is 18.0 Å². The number of hydrogen-bond donors (Lipinski definition) is 1. The minimum Gasteiger partial charge on any atom is -0.477 e. The second-order valence-corrected chi connectivity index (χ2v) is 5.02. The predicted octanol–water partition coefficient (Wildman–Crippen LogP) is 2.53. The largest absolute Gasteiger partial charge is 0.477 e. The topological polar surface area (TPSA) is 63.1 Å². The molecule has 1 N–H and O–H groups in total. The first-order chi connectivity index (χ1) is 7.77. The van der Waals surface area contributed by atoms with E-state index in [4.69, 9.17) is 5.11 Å². The van der Waals surface area contributed by atoms with E-state index >= 15 is 0 Å². The number of thioether (sulfide) groups is 1. The first-order valence-corrected chi connectivity index (χ1v) is 6.33. The van der Waals surface area contributed by atoms with Gasteiger partial charge in [0.15, 0.2) is 5.69 Å². The summed E-state index contributed by atoms with van der Waals surface area (Å²) >= 11 is 3.06. The fourth-order valence-electron chi connectivity index (χ4n) is 1.17. The van der Waals surface area contributed by atoms with Crippen LogP contribution in [0.1, 0.15) is 16.1 Å². The summed E-state index contributed by atoms with van der Waals surface area (Å²) < 4.78 is 0.931. The van der Waals surface area contributed by atoms with Crippen molar-refractivity contribution in [1.29, 1.82) is 0 Å². The number of aromatic carboxylic acids is 1. The average molecular weight is 252 g/mol. The molecule has 0 saturated carbocycles. The molecule has 0 atom stereocenters. The van der Waals surface area contributed by atoms with Gasteiger partial charge in [0, 0.05) is 23.5 Å². The lowest BCUT2D eigenvalue weighted by atomic mass is 10.2. The van der Waals surface area contributed by atoms with Crippen LogP contribution < -0.4 is 0 Å². The van der Waals surface area contributed by atoms with Crippen LogP contribution in [0.5, 0.6) is 0 Å². The number of nitrogens with zero attached hydrogens (tertiary/aromatic N) is 2. The summed E-state index contributed by atoms with van der Waals surface area (Å²) in [5.74, 6) is -0.418. The van der Waals surface area contributed by atoms with Gasteiger partial charge in [-0.25, -0.2) is 14.8 Å². The SMILES string of the molecule is O=C(O)c1ncccc1CSc1nccs1. The molecule has 2 rings (SSSR count). The lowest BCUT2D eigenvalue weighted by Gasteiger charge is -2.02. The van der Waals surface area contributed by atoms with E-state index in [0.29, 0.717) is 5.75 Å². The quantitative estimate of drug-likeness (QED) is 0.847. The molecule has 0 unspecified atom stereocenters. The van der Waals surface area contributed by atoms with Gasteiger partial charge < -0.3 is 5.11 Å². The summed E-state index contributed by atoms with van der Waals surface area (Å²) in [6.07, 6.45) is 3.22. The second-order valence-electron chi connectivity index (χ2n) is 2.90. The van der Waals surface area contributed by atoms with Crippen LogP contribution in [0.25, 0.3) is 0 Å². The maximum Gasteiger partial charge on any atom is 0.354 e. The third kappa shape index (κ3) is 2.59. The van der Waals surface area contributed by atoms with Crippen molar-refractivity contribution in [2.24, 2.45) is 0 Å². The molecule has 0 aliphatic heterocycles. The van der Waals surface area contributed by atoms with E-state index < -0.39 is 5.97 Å². The highest BCUT2D eigenvalue weighted by atomic mass is 32.2. The van der Waals surface area contributed by atoms with Crippen LogP contribution in [-0.2, 0) is 5.75 Å². The number of thiazole rings is 1. The van der Waals surface area contributed by atoms with Crippen molar-refractivity contribution in [3.05, 3.63) is 41.2 Å². The van der Waals surface area contributed by atoms with Gasteiger partial charge in [-0.3, -0.25) is 0 Å². The summed E-state index contributed by atoms with van der Waals surface area (Å²) in [7, 11) is 0. The Hall–Kier alpha value is -1.40. The van der Waals surface area contributed by atoms with Crippen LogP contribution in [0.4, 0.5) is 0 Å². The minimum atomic E-state index is -0.990. The van der Waals surface area contributed by atoms with Gasteiger partial charge >= 0.3 is 5.97 Å². The zero-order valence-electron chi connectivity index (χ0n) is 8.16. The van der Waals surface area contributed by atoms with Crippen molar-refractivity contribution >= 4 is 29.1 Å². The molecule has 6 heteroatoms. The van der Waals surface area contributed by atoms with E-state index in [2.05, 4.69) is 9.97 Å². The van der Waals surface area contributed by atoms with Gasteiger partial charge in [0.05, 0.1) is 0 Å². The van der Waals surface area contributed by atoms with Crippen molar-refractivity contribution in [2.75, 3.05) is 0 Å². The summed E-state index contributed by atoms with van der Waals surface area (Å²) in [4.78, 5) is 18.9. The third-order valence-electron chi connectivity index (χ3n) is 1.85. The smallest absolute Gasteiger partial charge is 0.354 e. The monoisotopic (exact) mass is 252 g/mol. The molecule has 0 aliphatic carbocycles. The molecule has 0 spiro atoms. The number of carbonyl (C=O) groups is 1. The first-order valence-electron chi connectivity index (χ1n) is 4.47. The maximum atomic E-state index is 10.9. The molecule has 2 heterocycles. The highest BCUT2D eigenvalue weighted by molar-refractivity contribution is 8.00. The number of carboxylic acid groups (broad SMARTS) is 1. The van der Waals surface area contributed by atoms with E-state index in [-0.39, 0.29) is 5.69 Å². The summed E-state index contributed by atoms with van der Waals surface area (Å²) in [5.41, 5.74) is 0.835. The predicted molar refractivity (Wildman–Crippen MR) is 62.9 cm³/mol. The van der Waals surface area contributed by atoms with Crippen LogP contribution in [0.3, 0.4) is 0 Å². The molecular weight excluding hydrogens is 244 g/mol. The van der Waals surface area contributed by atoms with Gasteiger partial charge in [0.1, 0.15) is 4.34 Å². The van der Waals surface area contributed by atoms with Crippen molar-refractivity contribution < 1.29 is 9.90 Å². The van der Waals surface area contributed by atoms with E-state index in [9.17, 15) is 4.79 Å². The van der Waals surface area contributed by atoms with Gasteiger partial charge in [0.25, 0.3) is 0 Å². The molecule has 0 bridgehead atoms. The Morgan fingerprint density at radius 1 is 1.44 bits per heavy atom. The molecule has 0 aliphatic rings. The Bertz CT molecular complexity index is 485. The highest BCUT2D eigenvalue weighted by Crippen LogP contribution is 2.25. The molecule has 0 aromatic carbocycles. The van der Waals surface area contributed by atoms with E-state index in [1.54, 1.807) is 29.7 Å². The number of carboxylic acids is 1. The number of rotatable bonds is 4. The van der Waals surface area contributed by atoms with Gasteiger partial charge in [-0.1, -0.05) is 17.8 Å². The molecule has 4 nitrogen and oxygen atoms in total. The molecule has 2 aromatic heterocycles. The Morgan fingerprint density at radius 2 is 2.31 bits per heavy atom. The first kappa shape index (κ1) is 11.1. The van der Waals surface area contributed by atoms with Gasteiger partial charge in [-0.15, -0.1) is 11.3 Å². The van der Waals surface area contributed by atoms with Gasteiger partial charge in [-0.2, -0.15) is 0 Å². The zero-order valence-corrected chi connectivity index (χ0v) is 9.79. The Morgan fingerprint density at radius 3 is 3.00 bits per heavy atom. The summed E-state index contributed by atoms with van der Waals surface area (Å²) in [6.45, 7) is 0. The molecular formula is C10H8N2O2S2. The standard InChI is InChI=1S/C10H8N2O2S2/c13-9(14)8-7(2-1-3-11-8)6-16-10-12-4-5-15-10/h1-5H,6H2,(H,13,14). The highest BCUT2D eigenvalue weighted by Gasteiger charge is 2.11. The van der Waals surface area contributed by atoms with E-state index in [0.717, 1.165) is 9.90 Å². The fourth-order valence-corrected chi connectivity index (χ4v) is 2.79. The molecule has 82 valence electrons. The fraction of sp³-hybridized carbons (Fsp3) is 0.100. The molecule has 0 saturated heterocycles. The van der Waals surface area contributed by atoms with Crippen LogP contribution in [0.2, 0.25) is 0 Å². The Balaban J connectivity index is 2.12. The molecule has 0 radical (unpaired) electrons. The van der Waals surface area contributed by atoms with Crippen LogP contribution in [-0.4, -0.2) is 21.0 Å². The number of aromatic nitrogens is 2. The van der Waals surface area contributed by atoms with E-state index in [1.807, 2.05) is 5.38 Å². The van der Waals surface area contributed by atoms with Crippen LogP contribution in [0, 0.1) is 0 Å². The lowest BCUT2D eigenvalue weighted by molar-refractivity contribution is 0.0689. The van der Waals surface area contributed by atoms with Crippen molar-refractivity contribution in [2.45, 2.75) is 10.1 Å². The maximum absolute atomic E-state index is 10.9. The molecule has 0 fully saturated rings. The molecule has 2 aromatic rings. The Labute approximate surface area is 100 Å². The van der Waals surface area contributed by atoms with Crippen molar-refractivity contribution in [3.8, 4) is 0 Å². The third-order valence-corrected chi connectivity index (χ3v) is 3.87. The van der Waals surface area contributed by atoms with Crippen LogP contribution in [0.15, 0.2) is 34.2 Å². The molecule has 0 amide bonds. The number of hydrogen-bond acceptors (Lipinski definition) is 5. The van der Waals surface area contributed by atoms with Gasteiger partial charge in [0.2, 0.25) is 0 Å². The average Bonchev–Trinajstić information content (AvgIpc) is 2.79. The second kappa shape index (κ2) is 5.09. The summed E-state index contributed by atoms with van der Waals surface area (Å²) in [6, 6.07) is 3.52. The van der Waals surface area contributed by atoms with Crippen LogP contribution >= 0.6 is 23.1 Å². The zero-order chi connectivity index (χ0) is 11.4. The Kier molecular flexibility index (Phi) is 3.53. The summed E-state index contributed by atoms with van der Waals surface area (Å²) in [5, 5.41) is 10.8. The van der Waals surface area contributed by atoms with Crippen molar-refractivity contribution in [1.82, 2.24) is 9.97 Å².